The highest BCUT2D eigenvalue weighted by atomic mass is 16.5. The number of hydrogen-bond acceptors (Lipinski definition) is 2. The first-order chi connectivity index (χ1) is 4.75. The molecule has 58 valence electrons. The first kappa shape index (κ1) is 7.73. The predicted molar refractivity (Wildman–Crippen MR) is 41.5 cm³/mol. The number of ether oxygens (including phenoxy) is 1. The lowest BCUT2D eigenvalue weighted by Crippen LogP contribution is -2.15. The summed E-state index contributed by atoms with van der Waals surface area (Å²) in [5.41, 5.74) is 0.891. The van der Waals surface area contributed by atoms with Gasteiger partial charge >= 0.3 is 0 Å². The summed E-state index contributed by atoms with van der Waals surface area (Å²) in [5, 5.41) is 7.64. The number of nitrogens with one attached hydrogen (secondary N) is 1. The Kier molecular flexibility index (Phi) is 2.44. The Morgan fingerprint density at radius 2 is 2.30 bits per heavy atom. The Morgan fingerprint density at radius 3 is 2.70 bits per heavy atom. The van der Waals surface area contributed by atoms with E-state index in [1.54, 1.807) is 7.11 Å². The average Bonchev–Trinajstić information content (AvgIpc) is 2.20. The van der Waals surface area contributed by atoms with Gasteiger partial charge in [0.25, 0.3) is 0 Å². The summed E-state index contributed by atoms with van der Waals surface area (Å²) in [4.78, 5) is 0. The van der Waals surface area contributed by atoms with Gasteiger partial charge in [-0.2, -0.15) is 0 Å². The molecule has 0 amide bonds. The van der Waals surface area contributed by atoms with Crippen LogP contribution in [0.4, 0.5) is 0 Å². The van der Waals surface area contributed by atoms with E-state index in [0.29, 0.717) is 11.8 Å². The normalized spacial score (nSPS) is 33.2. The second-order valence-electron chi connectivity index (χ2n) is 3.09. The Morgan fingerprint density at radius 1 is 1.60 bits per heavy atom. The molecule has 0 aliphatic heterocycles. The monoisotopic (exact) mass is 141 g/mol. The molecule has 0 aromatic rings. The highest BCUT2D eigenvalue weighted by molar-refractivity contribution is 5.87. The summed E-state index contributed by atoms with van der Waals surface area (Å²) in [6.07, 6.45) is 2.32. The van der Waals surface area contributed by atoms with Gasteiger partial charge in [-0.3, -0.25) is 0 Å². The summed E-state index contributed by atoms with van der Waals surface area (Å²) in [5.74, 6) is 0.917. The van der Waals surface area contributed by atoms with Gasteiger partial charge < -0.3 is 10.1 Å². The van der Waals surface area contributed by atoms with E-state index >= 15 is 0 Å². The Balaban J connectivity index is 2.41. The zero-order valence-corrected chi connectivity index (χ0v) is 6.68. The second-order valence-corrected chi connectivity index (χ2v) is 3.09. The molecule has 0 aromatic heterocycles. The molecule has 0 radical (unpaired) electrons. The van der Waals surface area contributed by atoms with Crippen LogP contribution in [0.2, 0.25) is 0 Å². The van der Waals surface area contributed by atoms with E-state index in [1.807, 2.05) is 0 Å². The molecule has 2 nitrogen and oxygen atoms in total. The zero-order chi connectivity index (χ0) is 7.56. The molecular weight excluding hydrogens is 126 g/mol. The van der Waals surface area contributed by atoms with Crippen LogP contribution in [0.25, 0.3) is 0 Å². The fourth-order valence-electron chi connectivity index (χ4n) is 1.54. The average molecular weight is 141 g/mol. The number of methoxy groups -OCH3 is 1. The molecule has 1 fully saturated rings. The third-order valence-electron chi connectivity index (χ3n) is 2.29. The van der Waals surface area contributed by atoms with Crippen LogP contribution >= 0.6 is 0 Å². The van der Waals surface area contributed by atoms with Crippen molar-refractivity contribution in [2.24, 2.45) is 11.8 Å². The van der Waals surface area contributed by atoms with Gasteiger partial charge in [0.1, 0.15) is 0 Å². The third-order valence-corrected chi connectivity index (χ3v) is 2.29. The summed E-state index contributed by atoms with van der Waals surface area (Å²) in [7, 11) is 1.70. The molecule has 0 unspecified atom stereocenters. The number of rotatable bonds is 2. The smallest absolute Gasteiger partial charge is 0.0542 e. The van der Waals surface area contributed by atoms with Crippen LogP contribution < -0.4 is 0 Å². The van der Waals surface area contributed by atoms with E-state index in [1.165, 1.54) is 6.42 Å². The largest absolute Gasteiger partial charge is 0.384 e. The quantitative estimate of drug-likeness (QED) is 0.623. The lowest BCUT2D eigenvalue weighted by Gasteiger charge is -2.08. The Bertz CT molecular complexity index is 131. The minimum Gasteiger partial charge on any atom is -0.384 e. The van der Waals surface area contributed by atoms with Gasteiger partial charge in [-0.05, 0) is 18.8 Å². The van der Waals surface area contributed by atoms with Crippen LogP contribution in [-0.4, -0.2) is 19.4 Å². The van der Waals surface area contributed by atoms with E-state index < -0.39 is 0 Å². The van der Waals surface area contributed by atoms with Crippen molar-refractivity contribution in [3.05, 3.63) is 0 Å². The van der Waals surface area contributed by atoms with Crippen molar-refractivity contribution in [1.82, 2.24) is 0 Å². The van der Waals surface area contributed by atoms with Crippen molar-refractivity contribution in [3.63, 3.8) is 0 Å². The van der Waals surface area contributed by atoms with Crippen molar-refractivity contribution in [2.45, 2.75) is 19.8 Å². The van der Waals surface area contributed by atoms with Crippen LogP contribution in [0.5, 0.6) is 0 Å². The van der Waals surface area contributed by atoms with Gasteiger partial charge in [0.05, 0.1) is 6.61 Å². The maximum atomic E-state index is 7.64. The van der Waals surface area contributed by atoms with Crippen molar-refractivity contribution >= 4 is 5.71 Å². The van der Waals surface area contributed by atoms with Gasteiger partial charge in [0, 0.05) is 18.7 Å². The van der Waals surface area contributed by atoms with Gasteiger partial charge in [0.15, 0.2) is 0 Å². The molecule has 0 heterocycles. The van der Waals surface area contributed by atoms with E-state index in [4.69, 9.17) is 10.1 Å². The first-order valence-corrected chi connectivity index (χ1v) is 3.83. The van der Waals surface area contributed by atoms with Crippen molar-refractivity contribution < 1.29 is 4.74 Å². The Hall–Kier alpha value is -0.370. The van der Waals surface area contributed by atoms with Crippen LogP contribution in [0.1, 0.15) is 19.8 Å². The van der Waals surface area contributed by atoms with Crippen LogP contribution in [0.15, 0.2) is 0 Å². The predicted octanol–water partition coefficient (Wildman–Crippen LogP) is 1.70. The minimum atomic E-state index is 0.417. The molecule has 10 heavy (non-hydrogen) atoms. The third kappa shape index (κ3) is 1.37. The molecule has 0 saturated heterocycles. The molecule has 0 spiro atoms. The highest BCUT2D eigenvalue weighted by Gasteiger charge is 2.26. The molecule has 1 saturated carbocycles. The van der Waals surface area contributed by atoms with Crippen LogP contribution in [-0.2, 0) is 4.74 Å². The molecule has 1 aliphatic rings. The summed E-state index contributed by atoms with van der Waals surface area (Å²) in [6.45, 7) is 2.86. The van der Waals surface area contributed by atoms with Gasteiger partial charge in [0.2, 0.25) is 0 Å². The fraction of sp³-hybridized carbons (Fsp3) is 0.875. The summed E-state index contributed by atoms with van der Waals surface area (Å²) in [6, 6.07) is 0. The molecular formula is C8H15NO. The molecule has 0 aromatic carbocycles. The molecule has 1 N–H and O–H groups in total. The highest BCUT2D eigenvalue weighted by Crippen LogP contribution is 2.26. The molecule has 1 rings (SSSR count). The van der Waals surface area contributed by atoms with Crippen LogP contribution in [0.3, 0.4) is 0 Å². The van der Waals surface area contributed by atoms with E-state index in [-0.39, 0.29) is 0 Å². The topological polar surface area (TPSA) is 33.1 Å². The molecule has 2 heteroatoms. The van der Waals surface area contributed by atoms with Crippen molar-refractivity contribution in [3.8, 4) is 0 Å². The lowest BCUT2D eigenvalue weighted by atomic mass is 10.0. The number of hydrogen-bond donors (Lipinski definition) is 1. The lowest BCUT2D eigenvalue weighted by molar-refractivity contribution is 0.176. The molecule has 2 atom stereocenters. The van der Waals surface area contributed by atoms with E-state index in [9.17, 15) is 0 Å². The van der Waals surface area contributed by atoms with Gasteiger partial charge in [-0.1, -0.05) is 6.92 Å². The summed E-state index contributed by atoms with van der Waals surface area (Å²) >= 11 is 0. The Labute approximate surface area is 62.1 Å². The molecule has 0 bridgehead atoms. The molecule has 1 aliphatic carbocycles. The van der Waals surface area contributed by atoms with E-state index in [0.717, 1.165) is 18.7 Å². The second kappa shape index (κ2) is 3.15. The maximum absolute atomic E-state index is 7.64. The van der Waals surface area contributed by atoms with Crippen LogP contribution in [0, 0.1) is 17.2 Å². The minimum absolute atomic E-state index is 0.417. The summed E-state index contributed by atoms with van der Waals surface area (Å²) < 4.78 is 5.00. The SMILES string of the molecule is COC[C@H]1CC[C@H](C)C1=N. The van der Waals surface area contributed by atoms with E-state index in [2.05, 4.69) is 6.92 Å². The maximum Gasteiger partial charge on any atom is 0.0542 e. The van der Waals surface area contributed by atoms with Gasteiger partial charge in [-0.25, -0.2) is 0 Å². The van der Waals surface area contributed by atoms with Crippen molar-refractivity contribution in [2.75, 3.05) is 13.7 Å². The fourth-order valence-corrected chi connectivity index (χ4v) is 1.54. The zero-order valence-electron chi connectivity index (χ0n) is 6.68. The van der Waals surface area contributed by atoms with Gasteiger partial charge in [-0.15, -0.1) is 0 Å². The van der Waals surface area contributed by atoms with Crippen molar-refractivity contribution in [1.29, 1.82) is 5.41 Å². The standard InChI is InChI=1S/C8H15NO/c1-6-3-4-7(5-10-2)8(6)9/h6-7,9H,3-5H2,1-2H3/t6-,7+/m0/s1. The first-order valence-electron chi connectivity index (χ1n) is 3.83.